The van der Waals surface area contributed by atoms with Crippen LogP contribution in [0.5, 0.6) is 0 Å². The molecular formula is C26H20N4O4S. The van der Waals surface area contributed by atoms with Gasteiger partial charge in [0.05, 0.1) is 23.6 Å². The highest BCUT2D eigenvalue weighted by molar-refractivity contribution is 7.10. The maximum Gasteiger partial charge on any atom is 0.369 e. The Labute approximate surface area is 203 Å². The van der Waals surface area contributed by atoms with E-state index in [1.807, 2.05) is 60.7 Å². The summed E-state index contributed by atoms with van der Waals surface area (Å²) in [6, 6.07) is 22.6. The van der Waals surface area contributed by atoms with Gasteiger partial charge in [0.2, 0.25) is 9.81 Å². The molecule has 0 saturated carbocycles. The second-order valence-corrected chi connectivity index (χ2v) is 8.55. The predicted octanol–water partition coefficient (Wildman–Crippen LogP) is 4.70. The number of carbonyl (C=O) groups is 1. The smallest absolute Gasteiger partial charge is 0.369 e. The van der Waals surface area contributed by atoms with Gasteiger partial charge in [-0.2, -0.15) is 5.10 Å². The highest BCUT2D eigenvalue weighted by Gasteiger charge is 2.16. The standard InChI is InChI=1S/C26H20N4O4S/c1-3-33-25(32)23-29-30(18-10-5-4-6-11-18)26(35-23)28-27-16(2)20-15-21-19-12-8-7-9-17(19)13-14-22(21)34-24(20)31/h4-15H,3H2,1-2H3/b27-16+,28-26+. The van der Waals surface area contributed by atoms with Gasteiger partial charge < -0.3 is 9.15 Å². The Morgan fingerprint density at radius 1 is 1.06 bits per heavy atom. The molecule has 35 heavy (non-hydrogen) atoms. The molecule has 3 aromatic carbocycles. The third-order valence-corrected chi connectivity index (χ3v) is 6.21. The molecule has 0 aliphatic rings. The second-order valence-electron chi connectivity index (χ2n) is 7.59. The molecule has 0 fully saturated rings. The molecule has 0 saturated heterocycles. The van der Waals surface area contributed by atoms with Crippen LogP contribution in [0, 0.1) is 0 Å². The minimum atomic E-state index is -0.536. The van der Waals surface area contributed by atoms with Crippen LogP contribution in [0.4, 0.5) is 0 Å². The van der Waals surface area contributed by atoms with E-state index in [1.165, 1.54) is 4.68 Å². The molecule has 2 heterocycles. The average Bonchev–Trinajstić information content (AvgIpc) is 3.32. The van der Waals surface area contributed by atoms with Crippen molar-refractivity contribution in [3.05, 3.63) is 98.6 Å². The number of carbonyl (C=O) groups excluding carboxylic acids is 1. The summed E-state index contributed by atoms with van der Waals surface area (Å²) >= 11 is 1.05. The number of hydrogen-bond acceptors (Lipinski definition) is 8. The van der Waals surface area contributed by atoms with Crippen LogP contribution in [0.1, 0.15) is 29.2 Å². The Morgan fingerprint density at radius 3 is 2.63 bits per heavy atom. The van der Waals surface area contributed by atoms with Crippen molar-refractivity contribution < 1.29 is 13.9 Å². The lowest BCUT2D eigenvalue weighted by atomic mass is 10.0. The quantitative estimate of drug-likeness (QED) is 0.118. The van der Waals surface area contributed by atoms with Crippen LogP contribution >= 0.6 is 11.3 Å². The first-order valence-corrected chi connectivity index (χ1v) is 11.7. The number of ether oxygens (including phenoxy) is 1. The van der Waals surface area contributed by atoms with Gasteiger partial charge in [0.1, 0.15) is 5.58 Å². The van der Waals surface area contributed by atoms with Gasteiger partial charge in [-0.05, 0) is 48.9 Å². The number of aromatic nitrogens is 2. The number of nitrogens with zero attached hydrogens (tertiary/aromatic N) is 4. The molecule has 0 unspecified atom stereocenters. The van der Waals surface area contributed by atoms with E-state index in [4.69, 9.17) is 9.15 Å². The van der Waals surface area contributed by atoms with Crippen molar-refractivity contribution in [2.45, 2.75) is 13.8 Å². The van der Waals surface area contributed by atoms with Crippen molar-refractivity contribution in [2.24, 2.45) is 10.2 Å². The summed E-state index contributed by atoms with van der Waals surface area (Å²) in [5.74, 6) is -0.536. The summed E-state index contributed by atoms with van der Waals surface area (Å²) < 4.78 is 12.2. The van der Waals surface area contributed by atoms with Crippen molar-refractivity contribution >= 4 is 44.8 Å². The van der Waals surface area contributed by atoms with Crippen LogP contribution in [0.25, 0.3) is 27.4 Å². The van der Waals surface area contributed by atoms with Gasteiger partial charge in [-0.25, -0.2) is 14.3 Å². The van der Waals surface area contributed by atoms with Crippen LogP contribution in [-0.2, 0) is 4.74 Å². The maximum absolute atomic E-state index is 12.7. The van der Waals surface area contributed by atoms with Crippen LogP contribution in [0.3, 0.4) is 0 Å². The molecule has 5 rings (SSSR count). The van der Waals surface area contributed by atoms with Crippen molar-refractivity contribution in [1.29, 1.82) is 0 Å². The SMILES string of the molecule is CCOC(=O)c1nn(-c2ccccc2)/c(=N\N=C(/C)c2cc3c(ccc4ccccc43)oc2=O)s1. The van der Waals surface area contributed by atoms with Gasteiger partial charge in [-0.15, -0.1) is 10.2 Å². The van der Waals surface area contributed by atoms with Crippen LogP contribution in [0.15, 0.2) is 92.2 Å². The fraction of sp³-hybridized carbons (Fsp3) is 0.115. The Kier molecular flexibility index (Phi) is 6.07. The molecule has 0 amide bonds. The molecule has 0 spiro atoms. The molecule has 0 N–H and O–H groups in total. The summed E-state index contributed by atoms with van der Waals surface area (Å²) in [5.41, 5.74) is 1.39. The van der Waals surface area contributed by atoms with E-state index in [-0.39, 0.29) is 11.6 Å². The van der Waals surface area contributed by atoms with Gasteiger partial charge in [0.25, 0.3) is 0 Å². The highest BCUT2D eigenvalue weighted by Crippen LogP contribution is 2.25. The van der Waals surface area contributed by atoms with Gasteiger partial charge in [-0.3, -0.25) is 0 Å². The molecule has 9 heteroatoms. The van der Waals surface area contributed by atoms with E-state index in [9.17, 15) is 9.59 Å². The topological polar surface area (TPSA) is 99.1 Å². The summed E-state index contributed by atoms with van der Waals surface area (Å²) in [6.07, 6.45) is 0. The largest absolute Gasteiger partial charge is 0.461 e. The van der Waals surface area contributed by atoms with E-state index < -0.39 is 11.6 Å². The van der Waals surface area contributed by atoms with Crippen LogP contribution in [0.2, 0.25) is 0 Å². The maximum atomic E-state index is 12.7. The third kappa shape index (κ3) is 4.41. The molecule has 5 aromatic rings. The van der Waals surface area contributed by atoms with Gasteiger partial charge in [0, 0.05) is 5.39 Å². The van der Waals surface area contributed by atoms with E-state index in [0.29, 0.717) is 27.3 Å². The number of fused-ring (bicyclic) bond motifs is 3. The minimum absolute atomic E-state index is 0.152. The molecule has 0 aliphatic heterocycles. The zero-order valence-electron chi connectivity index (χ0n) is 19.0. The lowest BCUT2D eigenvalue weighted by Gasteiger charge is -2.05. The van der Waals surface area contributed by atoms with Crippen LogP contribution < -0.4 is 10.4 Å². The molecule has 0 aliphatic carbocycles. The van der Waals surface area contributed by atoms with Crippen molar-refractivity contribution in [3.63, 3.8) is 0 Å². The number of rotatable bonds is 5. The molecule has 174 valence electrons. The fourth-order valence-electron chi connectivity index (χ4n) is 3.65. The Hall–Kier alpha value is -4.37. The first kappa shape index (κ1) is 22.4. The third-order valence-electron chi connectivity index (χ3n) is 5.33. The summed E-state index contributed by atoms with van der Waals surface area (Å²) in [6.45, 7) is 3.65. The summed E-state index contributed by atoms with van der Waals surface area (Å²) in [7, 11) is 0. The van der Waals surface area contributed by atoms with Crippen molar-refractivity contribution in [1.82, 2.24) is 9.78 Å². The van der Waals surface area contributed by atoms with Crippen LogP contribution in [-0.4, -0.2) is 28.1 Å². The number of hydrogen-bond donors (Lipinski definition) is 0. The first-order chi connectivity index (χ1) is 17.0. The molecule has 0 radical (unpaired) electrons. The van der Waals surface area contributed by atoms with Gasteiger partial charge in [0.15, 0.2) is 0 Å². The van der Waals surface area contributed by atoms with E-state index in [0.717, 1.165) is 27.5 Å². The fourth-order valence-corrected chi connectivity index (χ4v) is 4.41. The Bertz CT molecular complexity index is 1710. The summed E-state index contributed by atoms with van der Waals surface area (Å²) in [4.78, 5) is 25.3. The van der Waals surface area contributed by atoms with Crippen molar-refractivity contribution in [3.8, 4) is 5.69 Å². The highest BCUT2D eigenvalue weighted by atomic mass is 32.1. The Balaban J connectivity index is 1.63. The van der Waals surface area contributed by atoms with E-state index in [2.05, 4.69) is 15.3 Å². The zero-order chi connectivity index (χ0) is 24.4. The van der Waals surface area contributed by atoms with Gasteiger partial charge >= 0.3 is 11.6 Å². The molecular weight excluding hydrogens is 464 g/mol. The molecule has 0 bridgehead atoms. The van der Waals surface area contributed by atoms with E-state index >= 15 is 0 Å². The predicted molar refractivity (Wildman–Crippen MR) is 135 cm³/mol. The first-order valence-electron chi connectivity index (χ1n) is 10.9. The molecule has 8 nitrogen and oxygen atoms in total. The molecule has 0 atom stereocenters. The minimum Gasteiger partial charge on any atom is -0.461 e. The van der Waals surface area contributed by atoms with Gasteiger partial charge in [-0.1, -0.05) is 59.9 Å². The molecule has 2 aromatic heterocycles. The normalized spacial score (nSPS) is 12.4. The summed E-state index contributed by atoms with van der Waals surface area (Å²) in [5, 5.41) is 16.0. The lowest BCUT2D eigenvalue weighted by molar-refractivity contribution is 0.0524. The van der Waals surface area contributed by atoms with Crippen molar-refractivity contribution in [2.75, 3.05) is 6.61 Å². The second kappa shape index (κ2) is 9.47. The monoisotopic (exact) mass is 484 g/mol. The number of para-hydroxylation sites is 1. The lowest BCUT2D eigenvalue weighted by Crippen LogP contribution is -2.15. The Morgan fingerprint density at radius 2 is 1.83 bits per heavy atom. The van der Waals surface area contributed by atoms with E-state index in [1.54, 1.807) is 26.0 Å². The zero-order valence-corrected chi connectivity index (χ0v) is 19.8. The average molecular weight is 485 g/mol. The number of benzene rings is 3. The number of esters is 1.